The Morgan fingerprint density at radius 3 is 2.00 bits per heavy atom. The quantitative estimate of drug-likeness (QED) is 0.540. The highest BCUT2D eigenvalue weighted by Crippen LogP contribution is 2.11. The fourth-order valence-electron chi connectivity index (χ4n) is 2.04. The number of unbranched alkanes of at least 4 members (excludes halogenated alkanes) is 8. The SMILES string of the molecule is CCCCCCCCCCCC(=O)C(C#N)CN. The highest BCUT2D eigenvalue weighted by Gasteiger charge is 2.14. The van der Waals surface area contributed by atoms with Crippen molar-refractivity contribution in [3.05, 3.63) is 0 Å². The van der Waals surface area contributed by atoms with Gasteiger partial charge in [-0.15, -0.1) is 0 Å². The molecule has 0 amide bonds. The van der Waals surface area contributed by atoms with Crippen molar-refractivity contribution in [1.29, 1.82) is 5.26 Å². The van der Waals surface area contributed by atoms with Crippen molar-refractivity contribution in [2.75, 3.05) is 6.54 Å². The summed E-state index contributed by atoms with van der Waals surface area (Å²) < 4.78 is 0. The first kappa shape index (κ1) is 17.1. The predicted octanol–water partition coefficient (Wildman–Crippen LogP) is 3.57. The van der Waals surface area contributed by atoms with Gasteiger partial charge in [-0.25, -0.2) is 0 Å². The molecule has 0 spiro atoms. The van der Waals surface area contributed by atoms with Gasteiger partial charge >= 0.3 is 0 Å². The summed E-state index contributed by atoms with van der Waals surface area (Å²) in [5.41, 5.74) is 5.35. The molecule has 3 nitrogen and oxygen atoms in total. The molecule has 0 aliphatic rings. The van der Waals surface area contributed by atoms with Crippen molar-refractivity contribution in [2.45, 2.75) is 71.1 Å². The summed E-state index contributed by atoms with van der Waals surface area (Å²) in [6, 6.07) is 1.96. The summed E-state index contributed by atoms with van der Waals surface area (Å²) in [7, 11) is 0. The van der Waals surface area contributed by atoms with Crippen LogP contribution in [0.5, 0.6) is 0 Å². The van der Waals surface area contributed by atoms with Gasteiger partial charge in [-0.2, -0.15) is 5.26 Å². The number of Topliss-reactive ketones (excluding diaryl/α,β-unsaturated/α-hetero) is 1. The van der Waals surface area contributed by atoms with E-state index in [-0.39, 0.29) is 12.3 Å². The van der Waals surface area contributed by atoms with E-state index in [9.17, 15) is 4.79 Å². The lowest BCUT2D eigenvalue weighted by Gasteiger charge is -2.05. The van der Waals surface area contributed by atoms with Crippen LogP contribution in [0.3, 0.4) is 0 Å². The van der Waals surface area contributed by atoms with Crippen LogP contribution >= 0.6 is 0 Å². The van der Waals surface area contributed by atoms with E-state index in [0.29, 0.717) is 6.42 Å². The number of rotatable bonds is 12. The molecule has 0 heterocycles. The minimum Gasteiger partial charge on any atom is -0.329 e. The molecular weight excluding hydrogens is 224 g/mol. The van der Waals surface area contributed by atoms with E-state index in [1.54, 1.807) is 0 Å². The fourth-order valence-corrected chi connectivity index (χ4v) is 2.04. The number of ketones is 1. The van der Waals surface area contributed by atoms with Gasteiger partial charge in [0, 0.05) is 13.0 Å². The zero-order valence-corrected chi connectivity index (χ0v) is 11.8. The molecule has 0 aliphatic heterocycles. The molecule has 0 aromatic heterocycles. The first-order chi connectivity index (χ1) is 8.76. The van der Waals surface area contributed by atoms with Gasteiger partial charge in [-0.05, 0) is 6.42 Å². The Morgan fingerprint density at radius 2 is 1.56 bits per heavy atom. The van der Waals surface area contributed by atoms with Crippen molar-refractivity contribution in [3.63, 3.8) is 0 Å². The third kappa shape index (κ3) is 9.18. The summed E-state index contributed by atoms with van der Waals surface area (Å²) in [6.07, 6.45) is 11.7. The monoisotopic (exact) mass is 252 g/mol. The van der Waals surface area contributed by atoms with Gasteiger partial charge in [-0.3, -0.25) is 4.79 Å². The van der Waals surface area contributed by atoms with Crippen LogP contribution in [0.4, 0.5) is 0 Å². The normalized spacial score (nSPS) is 12.1. The van der Waals surface area contributed by atoms with Crippen molar-refractivity contribution in [1.82, 2.24) is 0 Å². The van der Waals surface area contributed by atoms with Crippen LogP contribution < -0.4 is 5.73 Å². The Morgan fingerprint density at radius 1 is 1.06 bits per heavy atom. The second-order valence-corrected chi connectivity index (χ2v) is 4.96. The Kier molecular flexibility index (Phi) is 12.0. The molecule has 1 atom stereocenters. The number of nitriles is 1. The first-order valence-corrected chi connectivity index (χ1v) is 7.38. The molecule has 0 saturated carbocycles. The first-order valence-electron chi connectivity index (χ1n) is 7.38. The van der Waals surface area contributed by atoms with E-state index in [2.05, 4.69) is 6.92 Å². The molecular formula is C15H28N2O. The molecule has 0 bridgehead atoms. The van der Waals surface area contributed by atoms with Gasteiger partial charge in [-0.1, -0.05) is 58.3 Å². The van der Waals surface area contributed by atoms with Crippen LogP contribution in [0, 0.1) is 17.2 Å². The summed E-state index contributed by atoms with van der Waals surface area (Å²) in [6.45, 7) is 2.39. The second-order valence-electron chi connectivity index (χ2n) is 4.96. The number of carbonyl (C=O) groups excluding carboxylic acids is 1. The van der Waals surface area contributed by atoms with Gasteiger partial charge in [0.15, 0.2) is 5.78 Å². The van der Waals surface area contributed by atoms with Crippen molar-refractivity contribution in [2.24, 2.45) is 11.7 Å². The van der Waals surface area contributed by atoms with Crippen LogP contribution in [0.15, 0.2) is 0 Å². The van der Waals surface area contributed by atoms with E-state index in [1.807, 2.05) is 6.07 Å². The fraction of sp³-hybridized carbons (Fsp3) is 0.867. The molecule has 0 fully saturated rings. The van der Waals surface area contributed by atoms with Crippen molar-refractivity contribution in [3.8, 4) is 6.07 Å². The zero-order chi connectivity index (χ0) is 13.6. The van der Waals surface area contributed by atoms with E-state index >= 15 is 0 Å². The molecule has 18 heavy (non-hydrogen) atoms. The number of hydrogen-bond donors (Lipinski definition) is 1. The van der Waals surface area contributed by atoms with Crippen LogP contribution in [-0.4, -0.2) is 12.3 Å². The maximum absolute atomic E-state index is 11.5. The maximum atomic E-state index is 11.5. The number of hydrogen-bond acceptors (Lipinski definition) is 3. The highest BCUT2D eigenvalue weighted by molar-refractivity contribution is 5.83. The maximum Gasteiger partial charge on any atom is 0.151 e. The summed E-state index contributed by atoms with van der Waals surface area (Å²) in [5.74, 6) is -0.568. The molecule has 0 rings (SSSR count). The molecule has 3 heteroatoms. The Balaban J connectivity index is 3.30. The second kappa shape index (κ2) is 12.6. The summed E-state index contributed by atoms with van der Waals surface area (Å²) in [5, 5.41) is 8.69. The third-order valence-corrected chi connectivity index (χ3v) is 3.31. The lowest BCUT2D eigenvalue weighted by atomic mass is 9.99. The van der Waals surface area contributed by atoms with E-state index in [0.717, 1.165) is 12.8 Å². The van der Waals surface area contributed by atoms with Gasteiger partial charge in [0.05, 0.1) is 6.07 Å². The van der Waals surface area contributed by atoms with E-state index in [1.165, 1.54) is 44.9 Å². The minimum atomic E-state index is -0.584. The van der Waals surface area contributed by atoms with E-state index < -0.39 is 5.92 Å². The zero-order valence-electron chi connectivity index (χ0n) is 11.8. The summed E-state index contributed by atoms with van der Waals surface area (Å²) in [4.78, 5) is 11.5. The van der Waals surface area contributed by atoms with Gasteiger partial charge in [0.25, 0.3) is 0 Å². The van der Waals surface area contributed by atoms with Crippen LogP contribution in [-0.2, 0) is 4.79 Å². The highest BCUT2D eigenvalue weighted by atomic mass is 16.1. The van der Waals surface area contributed by atoms with Gasteiger partial charge in [0.1, 0.15) is 5.92 Å². The Labute approximate surface area is 112 Å². The lowest BCUT2D eigenvalue weighted by molar-refractivity contribution is -0.121. The molecule has 104 valence electrons. The number of carbonyl (C=O) groups is 1. The molecule has 0 radical (unpaired) electrons. The molecule has 2 N–H and O–H groups in total. The Bertz CT molecular complexity index is 245. The van der Waals surface area contributed by atoms with Gasteiger partial charge < -0.3 is 5.73 Å². The number of nitrogens with two attached hydrogens (primary N) is 1. The van der Waals surface area contributed by atoms with Gasteiger partial charge in [0.2, 0.25) is 0 Å². The standard InChI is InChI=1S/C15H28N2O/c1-2-3-4-5-6-7-8-9-10-11-15(18)14(12-16)13-17/h14H,2-12,16H2,1H3. The van der Waals surface area contributed by atoms with Crippen molar-refractivity contribution < 1.29 is 4.79 Å². The molecule has 0 aromatic rings. The van der Waals surface area contributed by atoms with Crippen molar-refractivity contribution >= 4 is 5.78 Å². The lowest BCUT2D eigenvalue weighted by Crippen LogP contribution is -2.21. The molecule has 0 saturated heterocycles. The predicted molar refractivity (Wildman–Crippen MR) is 75.0 cm³/mol. The van der Waals surface area contributed by atoms with E-state index in [4.69, 9.17) is 11.0 Å². The molecule has 1 unspecified atom stereocenters. The van der Waals surface area contributed by atoms with Crippen LogP contribution in [0.2, 0.25) is 0 Å². The van der Waals surface area contributed by atoms with Crippen LogP contribution in [0.1, 0.15) is 71.1 Å². The molecule has 0 aliphatic carbocycles. The Hall–Kier alpha value is -0.880. The average molecular weight is 252 g/mol. The average Bonchev–Trinajstić information content (AvgIpc) is 2.38. The summed E-state index contributed by atoms with van der Waals surface area (Å²) >= 11 is 0. The molecule has 0 aromatic carbocycles. The number of nitrogens with zero attached hydrogens (tertiary/aromatic N) is 1. The smallest absolute Gasteiger partial charge is 0.151 e. The minimum absolute atomic E-state index is 0.0166. The third-order valence-electron chi connectivity index (χ3n) is 3.31. The van der Waals surface area contributed by atoms with Crippen LogP contribution in [0.25, 0.3) is 0 Å². The topological polar surface area (TPSA) is 66.9 Å². The largest absolute Gasteiger partial charge is 0.329 e.